The van der Waals surface area contributed by atoms with Crippen molar-refractivity contribution in [2.45, 2.75) is 6.54 Å². The number of hydrogen-bond donors (Lipinski definition) is 0. The van der Waals surface area contributed by atoms with Crippen LogP contribution in [0.25, 0.3) is 21.5 Å². The molecule has 0 N–H and O–H groups in total. The number of fused-ring (bicyclic) bond motifs is 2. The van der Waals surface area contributed by atoms with Gasteiger partial charge in [0.2, 0.25) is 5.91 Å². The molecule has 0 heterocycles. The zero-order valence-electron chi connectivity index (χ0n) is 14.5. The van der Waals surface area contributed by atoms with Crippen LogP contribution in [0.4, 0.5) is 5.69 Å². The molecule has 134 valence electrons. The van der Waals surface area contributed by atoms with E-state index in [9.17, 15) is 4.79 Å². The van der Waals surface area contributed by atoms with E-state index in [2.05, 4.69) is 30.3 Å². The number of nitrogens with zero attached hydrogens (tertiary/aromatic N) is 1. The zero-order valence-corrected chi connectivity index (χ0v) is 16.0. The summed E-state index contributed by atoms with van der Waals surface area (Å²) >= 11 is 12.3. The molecule has 27 heavy (non-hydrogen) atoms. The van der Waals surface area contributed by atoms with Crippen LogP contribution in [0.15, 0.2) is 78.9 Å². The average molecular weight is 394 g/mol. The number of para-hydroxylation sites is 1. The average Bonchev–Trinajstić information content (AvgIpc) is 2.71. The molecular weight excluding hydrogens is 377 g/mol. The molecule has 2 nitrogen and oxygen atoms in total. The van der Waals surface area contributed by atoms with E-state index in [0.717, 1.165) is 27.1 Å². The molecule has 0 fully saturated rings. The number of benzene rings is 4. The fraction of sp³-hybridized carbons (Fsp3) is 0.0870. The van der Waals surface area contributed by atoms with E-state index in [1.54, 1.807) is 11.0 Å². The molecule has 0 aliphatic rings. The summed E-state index contributed by atoms with van der Waals surface area (Å²) in [4.78, 5) is 14.3. The first-order chi connectivity index (χ1) is 13.2. The first-order valence-electron chi connectivity index (χ1n) is 8.69. The van der Waals surface area contributed by atoms with Gasteiger partial charge in [-0.15, -0.1) is 11.6 Å². The summed E-state index contributed by atoms with van der Waals surface area (Å²) in [5, 5.41) is 5.05. The van der Waals surface area contributed by atoms with Gasteiger partial charge in [-0.2, -0.15) is 0 Å². The minimum absolute atomic E-state index is 0.103. The monoisotopic (exact) mass is 393 g/mol. The standard InChI is InChI=1S/C23H17Cl2NO/c24-14-23(27)26(22-12-6-5-11-21(22)25)15-20-18-9-3-1-7-16(18)13-17-8-2-4-10-19(17)20/h1-13H,14-15H2. The summed E-state index contributed by atoms with van der Waals surface area (Å²) in [6, 6.07) is 26.0. The van der Waals surface area contributed by atoms with Crippen LogP contribution in [0, 0.1) is 0 Å². The summed E-state index contributed by atoms with van der Waals surface area (Å²) in [5.41, 5.74) is 1.75. The fourth-order valence-corrected chi connectivity index (χ4v) is 3.87. The number of amides is 1. The highest BCUT2D eigenvalue weighted by Crippen LogP contribution is 2.33. The van der Waals surface area contributed by atoms with Gasteiger partial charge in [0.05, 0.1) is 17.3 Å². The molecule has 4 aromatic carbocycles. The van der Waals surface area contributed by atoms with Crippen LogP contribution < -0.4 is 4.90 Å². The number of halogens is 2. The number of hydrogen-bond acceptors (Lipinski definition) is 1. The largest absolute Gasteiger partial charge is 0.305 e. The molecule has 0 aliphatic carbocycles. The van der Waals surface area contributed by atoms with Crippen molar-refractivity contribution in [3.8, 4) is 0 Å². The van der Waals surface area contributed by atoms with Gasteiger partial charge >= 0.3 is 0 Å². The summed E-state index contributed by atoms with van der Waals surface area (Å²) in [6.07, 6.45) is 0. The molecule has 0 aromatic heterocycles. The Labute approximate surface area is 167 Å². The van der Waals surface area contributed by atoms with E-state index in [1.807, 2.05) is 42.5 Å². The summed E-state index contributed by atoms with van der Waals surface area (Å²) in [7, 11) is 0. The third-order valence-electron chi connectivity index (χ3n) is 4.76. The Kier molecular flexibility index (Phi) is 5.02. The van der Waals surface area contributed by atoms with Crippen LogP contribution in [0.5, 0.6) is 0 Å². The van der Waals surface area contributed by atoms with Crippen LogP contribution >= 0.6 is 23.2 Å². The summed E-state index contributed by atoms with van der Waals surface area (Å²) in [5.74, 6) is -0.282. The van der Waals surface area contributed by atoms with Gasteiger partial charge in [0.1, 0.15) is 5.88 Å². The van der Waals surface area contributed by atoms with Gasteiger partial charge in [-0.3, -0.25) is 4.79 Å². The Morgan fingerprint density at radius 2 is 1.37 bits per heavy atom. The molecule has 1 amide bonds. The molecule has 0 saturated carbocycles. The molecule has 0 radical (unpaired) electrons. The van der Waals surface area contributed by atoms with Crippen LogP contribution in [-0.4, -0.2) is 11.8 Å². The maximum absolute atomic E-state index is 12.7. The molecule has 0 unspecified atom stereocenters. The van der Waals surface area contributed by atoms with Crippen LogP contribution in [-0.2, 0) is 11.3 Å². The number of anilines is 1. The predicted octanol–water partition coefficient (Wildman–Crippen LogP) is 6.42. The third kappa shape index (κ3) is 3.39. The van der Waals surface area contributed by atoms with Crippen molar-refractivity contribution in [1.82, 2.24) is 0 Å². The van der Waals surface area contributed by atoms with Crippen molar-refractivity contribution < 1.29 is 4.79 Å². The maximum atomic E-state index is 12.7. The van der Waals surface area contributed by atoms with Crippen molar-refractivity contribution in [2.24, 2.45) is 0 Å². The molecule has 0 spiro atoms. The minimum Gasteiger partial charge on any atom is -0.305 e. The van der Waals surface area contributed by atoms with Crippen LogP contribution in [0.1, 0.15) is 5.56 Å². The SMILES string of the molecule is O=C(CCl)N(Cc1c2ccccc2cc2ccccc12)c1ccccc1Cl. The van der Waals surface area contributed by atoms with Crippen molar-refractivity contribution in [3.05, 3.63) is 89.4 Å². The van der Waals surface area contributed by atoms with E-state index in [0.29, 0.717) is 17.3 Å². The van der Waals surface area contributed by atoms with Gasteiger partial charge in [0.25, 0.3) is 0 Å². The van der Waals surface area contributed by atoms with Crippen molar-refractivity contribution in [2.75, 3.05) is 10.8 Å². The Hall–Kier alpha value is -2.55. The quantitative estimate of drug-likeness (QED) is 0.289. The Balaban J connectivity index is 1.94. The maximum Gasteiger partial charge on any atom is 0.242 e. The van der Waals surface area contributed by atoms with Crippen LogP contribution in [0.3, 0.4) is 0 Å². The summed E-state index contributed by atoms with van der Waals surface area (Å²) < 4.78 is 0. The lowest BCUT2D eigenvalue weighted by Crippen LogP contribution is -2.31. The minimum atomic E-state index is -0.179. The van der Waals surface area contributed by atoms with Gasteiger partial charge < -0.3 is 4.90 Å². The number of carbonyl (C=O) groups is 1. The van der Waals surface area contributed by atoms with Gasteiger partial charge in [0.15, 0.2) is 0 Å². The first kappa shape index (κ1) is 17.8. The molecule has 4 heteroatoms. The second-order valence-corrected chi connectivity index (χ2v) is 7.04. The lowest BCUT2D eigenvalue weighted by molar-refractivity contribution is -0.116. The Morgan fingerprint density at radius 3 is 1.96 bits per heavy atom. The number of alkyl halides is 1. The lowest BCUT2D eigenvalue weighted by atomic mass is 9.96. The van der Waals surface area contributed by atoms with Gasteiger partial charge in [-0.1, -0.05) is 72.3 Å². The highest BCUT2D eigenvalue weighted by Gasteiger charge is 2.20. The Morgan fingerprint density at radius 1 is 0.815 bits per heavy atom. The third-order valence-corrected chi connectivity index (χ3v) is 5.31. The highest BCUT2D eigenvalue weighted by atomic mass is 35.5. The van der Waals surface area contributed by atoms with E-state index >= 15 is 0 Å². The van der Waals surface area contributed by atoms with E-state index in [1.165, 1.54) is 0 Å². The van der Waals surface area contributed by atoms with Crippen molar-refractivity contribution >= 4 is 56.3 Å². The number of carbonyl (C=O) groups excluding carboxylic acids is 1. The molecular formula is C23H17Cl2NO. The van der Waals surface area contributed by atoms with E-state index in [4.69, 9.17) is 23.2 Å². The van der Waals surface area contributed by atoms with Gasteiger partial charge in [0, 0.05) is 0 Å². The predicted molar refractivity (Wildman–Crippen MR) is 115 cm³/mol. The van der Waals surface area contributed by atoms with Crippen molar-refractivity contribution in [3.63, 3.8) is 0 Å². The number of rotatable bonds is 4. The molecule has 0 aliphatic heterocycles. The molecule has 0 saturated heterocycles. The van der Waals surface area contributed by atoms with Gasteiger partial charge in [-0.25, -0.2) is 0 Å². The summed E-state index contributed by atoms with van der Waals surface area (Å²) in [6.45, 7) is 0.400. The topological polar surface area (TPSA) is 20.3 Å². The van der Waals surface area contributed by atoms with E-state index in [-0.39, 0.29) is 11.8 Å². The first-order valence-corrected chi connectivity index (χ1v) is 9.60. The molecule has 4 rings (SSSR count). The van der Waals surface area contributed by atoms with Gasteiger partial charge in [-0.05, 0) is 45.3 Å². The van der Waals surface area contributed by atoms with Crippen molar-refractivity contribution in [1.29, 1.82) is 0 Å². The van der Waals surface area contributed by atoms with Crippen LogP contribution in [0.2, 0.25) is 5.02 Å². The fourth-order valence-electron chi connectivity index (χ4n) is 3.49. The van der Waals surface area contributed by atoms with E-state index < -0.39 is 0 Å². The molecule has 0 atom stereocenters. The second-order valence-electron chi connectivity index (χ2n) is 6.36. The Bertz CT molecular complexity index is 1090. The smallest absolute Gasteiger partial charge is 0.242 e. The lowest BCUT2D eigenvalue weighted by Gasteiger charge is -2.25. The zero-order chi connectivity index (χ0) is 18.8. The second kappa shape index (κ2) is 7.59. The molecule has 4 aromatic rings. The highest BCUT2D eigenvalue weighted by molar-refractivity contribution is 6.35. The molecule has 0 bridgehead atoms. The normalized spacial score (nSPS) is 11.0.